The number of aliphatic imine (C=N–C) groups is 1. The number of nitrogens with zero attached hydrogens (tertiary/aromatic N) is 1. The van der Waals surface area contributed by atoms with Crippen molar-refractivity contribution in [3.05, 3.63) is 58.8 Å². The molecule has 1 unspecified atom stereocenters. The van der Waals surface area contributed by atoms with Gasteiger partial charge in [-0.1, -0.05) is 24.6 Å². The van der Waals surface area contributed by atoms with Crippen molar-refractivity contribution in [3.63, 3.8) is 0 Å². The molecule has 144 valence electrons. The minimum atomic E-state index is -0.905. The van der Waals surface area contributed by atoms with Crippen LogP contribution in [0.3, 0.4) is 0 Å². The summed E-state index contributed by atoms with van der Waals surface area (Å²) in [6, 6.07) is 8.01. The van der Waals surface area contributed by atoms with Crippen LogP contribution in [0.5, 0.6) is 0 Å². The fourth-order valence-corrected chi connectivity index (χ4v) is 2.30. The summed E-state index contributed by atoms with van der Waals surface area (Å²) in [6.45, 7) is 3.58. The summed E-state index contributed by atoms with van der Waals surface area (Å²) < 4.78 is 18.8. The van der Waals surface area contributed by atoms with Gasteiger partial charge in [0.2, 0.25) is 0 Å². The Morgan fingerprint density at radius 1 is 1.31 bits per heavy atom. The number of rotatable bonds is 8. The van der Waals surface area contributed by atoms with E-state index in [0.717, 1.165) is 25.1 Å². The first-order valence-corrected chi connectivity index (χ1v) is 8.65. The van der Waals surface area contributed by atoms with Crippen LogP contribution < -0.4 is 10.6 Å². The number of halogens is 3. The average molecular weight is 496 g/mol. The van der Waals surface area contributed by atoms with E-state index < -0.39 is 11.9 Å². The summed E-state index contributed by atoms with van der Waals surface area (Å²) in [5, 5.41) is 16.6. The molecule has 0 aliphatic heterocycles. The molecule has 0 aliphatic carbocycles. The Labute approximate surface area is 175 Å². The second-order valence-electron chi connectivity index (χ2n) is 5.56. The third-order valence-corrected chi connectivity index (χ3v) is 3.84. The summed E-state index contributed by atoms with van der Waals surface area (Å²) in [5.74, 6) is 0.934. The number of aliphatic hydroxyl groups excluding tert-OH is 1. The normalized spacial score (nSPS) is 12.4. The molecule has 8 heteroatoms. The number of hydrogen-bond acceptors (Lipinski definition) is 3. The van der Waals surface area contributed by atoms with E-state index in [4.69, 9.17) is 16.0 Å². The fourth-order valence-electron chi connectivity index (χ4n) is 2.18. The third kappa shape index (κ3) is 7.51. The lowest BCUT2D eigenvalue weighted by Gasteiger charge is -2.14. The molecular weight excluding hydrogens is 472 g/mol. The van der Waals surface area contributed by atoms with Crippen molar-refractivity contribution in [2.24, 2.45) is 4.99 Å². The monoisotopic (exact) mass is 495 g/mol. The highest BCUT2D eigenvalue weighted by atomic mass is 127. The average Bonchev–Trinajstić information content (AvgIpc) is 3.12. The van der Waals surface area contributed by atoms with Gasteiger partial charge in [-0.05, 0) is 36.2 Å². The van der Waals surface area contributed by atoms with E-state index in [9.17, 15) is 9.50 Å². The van der Waals surface area contributed by atoms with Crippen molar-refractivity contribution in [2.45, 2.75) is 25.9 Å². The first-order valence-electron chi connectivity index (χ1n) is 8.27. The number of nitrogens with one attached hydrogen (secondary N) is 2. The summed E-state index contributed by atoms with van der Waals surface area (Å²) in [4.78, 5) is 4.37. The zero-order valence-electron chi connectivity index (χ0n) is 14.5. The van der Waals surface area contributed by atoms with Crippen LogP contribution in [0.2, 0.25) is 5.02 Å². The number of benzene rings is 1. The number of aliphatic hydroxyl groups is 1. The fraction of sp³-hybridized carbons (Fsp3) is 0.389. The lowest BCUT2D eigenvalue weighted by molar-refractivity contribution is 0.186. The maximum absolute atomic E-state index is 13.5. The molecule has 0 aliphatic rings. The molecule has 2 rings (SSSR count). The van der Waals surface area contributed by atoms with E-state index in [-0.39, 0.29) is 35.5 Å². The smallest absolute Gasteiger partial charge is 0.191 e. The molecule has 0 amide bonds. The summed E-state index contributed by atoms with van der Waals surface area (Å²) in [5.41, 5.74) is 0.441. The van der Waals surface area contributed by atoms with E-state index in [1.54, 1.807) is 12.3 Å². The minimum Gasteiger partial charge on any atom is -0.469 e. The van der Waals surface area contributed by atoms with Crippen molar-refractivity contribution >= 4 is 41.5 Å². The van der Waals surface area contributed by atoms with E-state index in [1.165, 1.54) is 12.1 Å². The minimum absolute atomic E-state index is 0. The highest BCUT2D eigenvalue weighted by Crippen LogP contribution is 2.20. The van der Waals surface area contributed by atoms with Crippen molar-refractivity contribution in [1.29, 1.82) is 0 Å². The van der Waals surface area contributed by atoms with E-state index in [2.05, 4.69) is 22.5 Å². The van der Waals surface area contributed by atoms with Gasteiger partial charge in [-0.2, -0.15) is 0 Å². The van der Waals surface area contributed by atoms with Crippen LogP contribution in [0.1, 0.15) is 30.8 Å². The second kappa shape index (κ2) is 12.1. The molecule has 26 heavy (non-hydrogen) atoms. The Balaban J connectivity index is 0.00000338. The largest absolute Gasteiger partial charge is 0.469 e. The van der Waals surface area contributed by atoms with Crippen molar-refractivity contribution in [2.75, 3.05) is 19.6 Å². The summed E-state index contributed by atoms with van der Waals surface area (Å²) in [6.07, 6.45) is 2.41. The van der Waals surface area contributed by atoms with Gasteiger partial charge in [0.05, 0.1) is 23.9 Å². The molecular formula is C18H24ClFIN3O2. The molecule has 0 radical (unpaired) electrons. The Hall–Kier alpha value is -1.32. The lowest BCUT2D eigenvalue weighted by Crippen LogP contribution is -2.39. The highest BCUT2D eigenvalue weighted by Gasteiger charge is 2.10. The van der Waals surface area contributed by atoms with E-state index in [0.29, 0.717) is 18.1 Å². The molecule has 1 atom stereocenters. The molecule has 0 spiro atoms. The maximum atomic E-state index is 13.5. The van der Waals surface area contributed by atoms with Crippen LogP contribution in [-0.2, 0) is 6.42 Å². The van der Waals surface area contributed by atoms with Gasteiger partial charge >= 0.3 is 0 Å². The predicted octanol–water partition coefficient (Wildman–Crippen LogP) is 3.91. The summed E-state index contributed by atoms with van der Waals surface area (Å²) in [7, 11) is 0. The molecule has 0 fully saturated rings. The van der Waals surface area contributed by atoms with Crippen molar-refractivity contribution < 1.29 is 13.9 Å². The summed E-state index contributed by atoms with van der Waals surface area (Å²) >= 11 is 5.66. The van der Waals surface area contributed by atoms with Gasteiger partial charge in [-0.15, -0.1) is 24.0 Å². The standard InChI is InChI=1S/C18H23ClFN3O2.HI/c1-2-8-21-18(22-9-7-14-4-3-10-25-14)23-12-17(24)13-5-6-15(19)16(20)11-13;/h3-6,10-11,17,24H,2,7-9,12H2,1H3,(H2,21,22,23);1H. The SMILES string of the molecule is CCCNC(=NCC(O)c1ccc(Cl)c(F)c1)NCCc1ccco1.I. The third-order valence-electron chi connectivity index (χ3n) is 3.54. The van der Waals surface area contributed by atoms with Crippen LogP contribution in [0.15, 0.2) is 46.0 Å². The molecule has 3 N–H and O–H groups in total. The second-order valence-corrected chi connectivity index (χ2v) is 5.97. The molecule has 0 saturated carbocycles. The van der Waals surface area contributed by atoms with Crippen LogP contribution in [-0.4, -0.2) is 30.7 Å². The van der Waals surface area contributed by atoms with Crippen molar-refractivity contribution in [1.82, 2.24) is 10.6 Å². The van der Waals surface area contributed by atoms with Crippen LogP contribution in [0.25, 0.3) is 0 Å². The van der Waals surface area contributed by atoms with Gasteiger partial charge < -0.3 is 20.2 Å². The quantitative estimate of drug-likeness (QED) is 0.295. The van der Waals surface area contributed by atoms with E-state index in [1.807, 2.05) is 12.1 Å². The van der Waals surface area contributed by atoms with Crippen LogP contribution in [0.4, 0.5) is 4.39 Å². The van der Waals surface area contributed by atoms with Gasteiger partial charge in [-0.3, -0.25) is 4.99 Å². The zero-order valence-corrected chi connectivity index (χ0v) is 17.6. The zero-order chi connectivity index (χ0) is 18.1. The lowest BCUT2D eigenvalue weighted by atomic mass is 10.1. The van der Waals surface area contributed by atoms with E-state index >= 15 is 0 Å². The van der Waals surface area contributed by atoms with Crippen LogP contribution in [0, 0.1) is 5.82 Å². The van der Waals surface area contributed by atoms with Gasteiger partial charge in [-0.25, -0.2) is 4.39 Å². The highest BCUT2D eigenvalue weighted by molar-refractivity contribution is 14.0. The topological polar surface area (TPSA) is 69.8 Å². The van der Waals surface area contributed by atoms with Gasteiger partial charge in [0.1, 0.15) is 11.6 Å². The molecule has 0 bridgehead atoms. The Bertz CT molecular complexity index is 683. The Morgan fingerprint density at radius 2 is 2.08 bits per heavy atom. The number of guanidine groups is 1. The number of furan rings is 1. The van der Waals surface area contributed by atoms with Gasteiger partial charge in [0.15, 0.2) is 5.96 Å². The van der Waals surface area contributed by atoms with Crippen molar-refractivity contribution in [3.8, 4) is 0 Å². The molecule has 1 aromatic carbocycles. The Kier molecular flexibility index (Phi) is 10.6. The molecule has 2 aromatic rings. The Morgan fingerprint density at radius 3 is 2.73 bits per heavy atom. The molecule has 5 nitrogen and oxygen atoms in total. The molecule has 1 aromatic heterocycles. The first-order chi connectivity index (χ1) is 12.1. The maximum Gasteiger partial charge on any atom is 0.191 e. The predicted molar refractivity (Wildman–Crippen MR) is 113 cm³/mol. The van der Waals surface area contributed by atoms with Gasteiger partial charge in [0.25, 0.3) is 0 Å². The van der Waals surface area contributed by atoms with Crippen LogP contribution >= 0.6 is 35.6 Å². The van der Waals surface area contributed by atoms with Gasteiger partial charge in [0, 0.05) is 19.5 Å². The molecule has 1 heterocycles. The molecule has 0 saturated heterocycles. The number of hydrogen-bond donors (Lipinski definition) is 3. The first kappa shape index (κ1) is 22.7.